The van der Waals surface area contributed by atoms with Crippen LogP contribution in [-0.2, 0) is 4.79 Å². The highest BCUT2D eigenvalue weighted by atomic mass is 16.3. The predicted octanol–water partition coefficient (Wildman–Crippen LogP) is 0.930. The zero-order valence-corrected chi connectivity index (χ0v) is 11.5. The maximum Gasteiger partial charge on any atom is 0.216 e. The molecule has 0 aliphatic heterocycles. The molecule has 0 aliphatic rings. The van der Waals surface area contributed by atoms with E-state index in [0.29, 0.717) is 12.1 Å². The number of carbonyl (C=O) groups is 1. The number of hydrogen-bond acceptors (Lipinski definition) is 4. The smallest absolute Gasteiger partial charge is 0.216 e. The third kappa shape index (κ3) is 4.22. The average Bonchev–Trinajstić information content (AvgIpc) is 2.26. The van der Waals surface area contributed by atoms with Gasteiger partial charge in [0.25, 0.3) is 0 Å². The van der Waals surface area contributed by atoms with Crippen LogP contribution in [0.25, 0.3) is 0 Å². The summed E-state index contributed by atoms with van der Waals surface area (Å²) in [6, 6.07) is 3.10. The first kappa shape index (κ1) is 15.5. The van der Waals surface area contributed by atoms with Gasteiger partial charge in [-0.05, 0) is 49.1 Å². The van der Waals surface area contributed by atoms with Crippen LogP contribution in [0.1, 0.15) is 36.1 Å². The monoisotopic (exact) mass is 267 g/mol. The second-order valence-corrected chi connectivity index (χ2v) is 4.78. The summed E-state index contributed by atoms with van der Waals surface area (Å²) in [5, 5.41) is 32.1. The summed E-state index contributed by atoms with van der Waals surface area (Å²) in [6.07, 6.45) is -1.73. The predicted molar refractivity (Wildman–Crippen MR) is 71.8 cm³/mol. The fourth-order valence-corrected chi connectivity index (χ4v) is 2.16. The molecule has 4 N–H and O–H groups in total. The number of aromatic hydroxyl groups is 1. The quantitative estimate of drug-likeness (QED) is 0.639. The van der Waals surface area contributed by atoms with Crippen LogP contribution in [-0.4, -0.2) is 33.9 Å². The number of hydrogen-bond donors (Lipinski definition) is 4. The number of nitrogens with one attached hydrogen (secondary N) is 1. The summed E-state index contributed by atoms with van der Waals surface area (Å²) < 4.78 is 0. The Morgan fingerprint density at radius 2 is 1.79 bits per heavy atom. The maximum absolute atomic E-state index is 10.7. The summed E-state index contributed by atoms with van der Waals surface area (Å²) in [4.78, 5) is 10.7. The van der Waals surface area contributed by atoms with Gasteiger partial charge < -0.3 is 20.6 Å². The number of aliphatic hydroxyl groups excluding tert-OH is 2. The topological polar surface area (TPSA) is 89.8 Å². The van der Waals surface area contributed by atoms with Crippen molar-refractivity contribution in [2.45, 2.75) is 39.4 Å². The largest absolute Gasteiger partial charge is 0.508 e. The average molecular weight is 267 g/mol. The minimum Gasteiger partial charge on any atom is -0.508 e. The lowest BCUT2D eigenvalue weighted by Gasteiger charge is -2.22. The van der Waals surface area contributed by atoms with E-state index in [-0.39, 0.29) is 18.1 Å². The van der Waals surface area contributed by atoms with E-state index in [4.69, 9.17) is 0 Å². The van der Waals surface area contributed by atoms with Gasteiger partial charge in [-0.2, -0.15) is 0 Å². The molecule has 0 aliphatic carbocycles. The molecule has 0 bridgehead atoms. The van der Waals surface area contributed by atoms with Crippen LogP contribution in [0.15, 0.2) is 12.1 Å². The fraction of sp³-hybridized carbons (Fsp3) is 0.500. The normalized spacial score (nSPS) is 13.9. The van der Waals surface area contributed by atoms with Gasteiger partial charge in [-0.15, -0.1) is 0 Å². The first-order valence-electron chi connectivity index (χ1n) is 6.23. The van der Waals surface area contributed by atoms with Gasteiger partial charge in [-0.1, -0.05) is 0 Å². The van der Waals surface area contributed by atoms with E-state index in [1.807, 2.05) is 0 Å². The zero-order chi connectivity index (χ0) is 14.6. The lowest BCUT2D eigenvalue weighted by molar-refractivity contribution is -0.119. The van der Waals surface area contributed by atoms with Gasteiger partial charge in [0.2, 0.25) is 5.91 Å². The molecular formula is C14H21NO4. The molecular weight excluding hydrogens is 246 g/mol. The molecule has 0 saturated heterocycles. The molecule has 106 valence electrons. The lowest BCUT2D eigenvalue weighted by Crippen LogP contribution is -2.28. The van der Waals surface area contributed by atoms with Crippen molar-refractivity contribution in [2.24, 2.45) is 0 Å². The number of aryl methyl sites for hydroxylation is 2. The zero-order valence-electron chi connectivity index (χ0n) is 11.5. The van der Waals surface area contributed by atoms with Crippen molar-refractivity contribution in [2.75, 3.05) is 6.54 Å². The van der Waals surface area contributed by atoms with E-state index in [1.165, 1.54) is 6.92 Å². The Kier molecular flexibility index (Phi) is 5.32. The van der Waals surface area contributed by atoms with Crippen molar-refractivity contribution < 1.29 is 20.1 Å². The fourth-order valence-electron chi connectivity index (χ4n) is 2.16. The van der Waals surface area contributed by atoms with E-state index in [2.05, 4.69) is 5.32 Å². The molecule has 1 aromatic carbocycles. The Morgan fingerprint density at radius 3 is 2.26 bits per heavy atom. The van der Waals surface area contributed by atoms with Crippen molar-refractivity contribution in [3.8, 4) is 5.75 Å². The Hall–Kier alpha value is -1.59. The Balaban J connectivity index is 2.76. The van der Waals surface area contributed by atoms with Crippen LogP contribution in [0.2, 0.25) is 0 Å². The number of carbonyl (C=O) groups excluding carboxylic acids is 1. The molecule has 0 spiro atoms. The number of amides is 1. The molecule has 0 heterocycles. The number of rotatable bonds is 5. The highest BCUT2D eigenvalue weighted by Gasteiger charge is 2.22. The Morgan fingerprint density at radius 1 is 1.26 bits per heavy atom. The maximum atomic E-state index is 10.7. The van der Waals surface area contributed by atoms with Gasteiger partial charge in [-0.25, -0.2) is 0 Å². The van der Waals surface area contributed by atoms with E-state index < -0.39 is 12.2 Å². The summed E-state index contributed by atoms with van der Waals surface area (Å²) in [6.45, 7) is 5.25. The minimum absolute atomic E-state index is 0.138. The third-order valence-corrected chi connectivity index (χ3v) is 3.05. The standard InChI is InChI=1S/C14H21NO4/c1-8-6-11(17)7-9(2)13(8)14(19)12(18)4-5-15-10(3)16/h6-7,12,14,17-19H,4-5H2,1-3H3,(H,15,16). The minimum atomic E-state index is -1.03. The van der Waals surface area contributed by atoms with Gasteiger partial charge in [0.15, 0.2) is 0 Å². The second-order valence-electron chi connectivity index (χ2n) is 4.78. The summed E-state index contributed by atoms with van der Waals surface area (Å²) in [5.41, 5.74) is 2.07. The van der Waals surface area contributed by atoms with E-state index in [9.17, 15) is 20.1 Å². The van der Waals surface area contributed by atoms with Gasteiger partial charge in [0, 0.05) is 13.5 Å². The number of phenolic OH excluding ortho intramolecular Hbond substituents is 1. The molecule has 5 heteroatoms. The van der Waals surface area contributed by atoms with Crippen LogP contribution in [0.3, 0.4) is 0 Å². The van der Waals surface area contributed by atoms with Crippen molar-refractivity contribution in [1.29, 1.82) is 0 Å². The molecule has 2 unspecified atom stereocenters. The molecule has 0 fully saturated rings. The molecule has 5 nitrogen and oxygen atoms in total. The summed E-state index contributed by atoms with van der Waals surface area (Å²) in [5.74, 6) is -0.0302. The molecule has 1 rings (SSSR count). The van der Waals surface area contributed by atoms with Crippen molar-refractivity contribution in [3.63, 3.8) is 0 Å². The number of aliphatic hydroxyl groups is 2. The third-order valence-electron chi connectivity index (χ3n) is 3.05. The van der Waals surface area contributed by atoms with Gasteiger partial charge in [0.1, 0.15) is 11.9 Å². The Bertz CT molecular complexity index is 436. The molecule has 1 amide bonds. The Labute approximate surface area is 112 Å². The second kappa shape index (κ2) is 6.54. The van der Waals surface area contributed by atoms with E-state index in [1.54, 1.807) is 26.0 Å². The van der Waals surface area contributed by atoms with Crippen LogP contribution in [0.4, 0.5) is 0 Å². The van der Waals surface area contributed by atoms with Gasteiger partial charge in [0.05, 0.1) is 6.10 Å². The van der Waals surface area contributed by atoms with E-state index in [0.717, 1.165) is 11.1 Å². The van der Waals surface area contributed by atoms with E-state index >= 15 is 0 Å². The molecule has 1 aromatic rings. The number of benzene rings is 1. The van der Waals surface area contributed by atoms with Crippen molar-refractivity contribution in [3.05, 3.63) is 28.8 Å². The van der Waals surface area contributed by atoms with Crippen molar-refractivity contribution >= 4 is 5.91 Å². The van der Waals surface area contributed by atoms with Gasteiger partial charge >= 0.3 is 0 Å². The summed E-state index contributed by atoms with van der Waals surface area (Å²) >= 11 is 0. The first-order valence-corrected chi connectivity index (χ1v) is 6.23. The molecule has 0 aromatic heterocycles. The van der Waals surface area contributed by atoms with Crippen LogP contribution >= 0.6 is 0 Å². The molecule has 0 radical (unpaired) electrons. The lowest BCUT2D eigenvalue weighted by atomic mass is 9.93. The van der Waals surface area contributed by atoms with Crippen molar-refractivity contribution in [1.82, 2.24) is 5.32 Å². The molecule has 2 atom stereocenters. The highest BCUT2D eigenvalue weighted by Crippen LogP contribution is 2.28. The van der Waals surface area contributed by atoms with Crippen LogP contribution in [0.5, 0.6) is 5.75 Å². The SMILES string of the molecule is CC(=O)NCCC(O)C(O)c1c(C)cc(O)cc1C. The molecule has 0 saturated carbocycles. The highest BCUT2D eigenvalue weighted by molar-refractivity contribution is 5.72. The van der Waals surface area contributed by atoms with Crippen LogP contribution < -0.4 is 5.32 Å². The number of phenols is 1. The summed E-state index contributed by atoms with van der Waals surface area (Å²) in [7, 11) is 0. The van der Waals surface area contributed by atoms with Crippen LogP contribution in [0, 0.1) is 13.8 Å². The molecule has 19 heavy (non-hydrogen) atoms. The first-order chi connectivity index (χ1) is 8.82. The van der Waals surface area contributed by atoms with Gasteiger partial charge in [-0.3, -0.25) is 4.79 Å².